The molecule has 4 aromatic rings. The molecule has 0 radical (unpaired) electrons. The maximum Gasteiger partial charge on any atom is 0.404 e. The zero-order valence-electron chi connectivity index (χ0n) is 17.0. The average Bonchev–Trinajstić information content (AvgIpc) is 3.54. The van der Waals surface area contributed by atoms with Crippen LogP contribution >= 0.6 is 15.9 Å². The Morgan fingerprint density at radius 1 is 1.18 bits per heavy atom. The molecule has 0 aliphatic carbocycles. The Balaban J connectivity index is 1.43. The van der Waals surface area contributed by atoms with Crippen LogP contribution in [0.2, 0.25) is 0 Å². The molecule has 0 spiro atoms. The number of aromatic nitrogens is 4. The molecule has 4 aromatic heterocycles. The predicted molar refractivity (Wildman–Crippen MR) is 115 cm³/mol. The molecule has 2 N–H and O–H groups in total. The van der Waals surface area contributed by atoms with E-state index in [-0.39, 0.29) is 40.5 Å². The number of nitrogens with one attached hydrogen (secondary N) is 2. The molecule has 4 rings (SSSR count). The van der Waals surface area contributed by atoms with E-state index in [1.165, 1.54) is 34.1 Å². The number of carbonyl (C=O) groups is 2. The van der Waals surface area contributed by atoms with E-state index in [1.54, 1.807) is 25.2 Å². The van der Waals surface area contributed by atoms with Gasteiger partial charge in [-0.2, -0.15) is 9.78 Å². The summed E-state index contributed by atoms with van der Waals surface area (Å²) in [5, 5.41) is 24.1. The summed E-state index contributed by atoms with van der Waals surface area (Å²) < 4.78 is 13.6. The Labute approximate surface area is 193 Å². The number of hydrogen-bond acceptors (Lipinski definition) is 8. The summed E-state index contributed by atoms with van der Waals surface area (Å²) in [6.07, 6.45) is 4.42. The fourth-order valence-electron chi connectivity index (χ4n) is 2.93. The minimum absolute atomic E-state index is 0.0171. The normalized spacial score (nSPS) is 10.8. The zero-order chi connectivity index (χ0) is 23.5. The van der Waals surface area contributed by atoms with E-state index >= 15 is 0 Å². The highest BCUT2D eigenvalue weighted by Gasteiger charge is 2.22. The first-order valence-corrected chi connectivity index (χ1v) is 10.2. The van der Waals surface area contributed by atoms with Crippen molar-refractivity contribution in [2.24, 2.45) is 7.05 Å². The third-order valence-electron chi connectivity index (χ3n) is 4.37. The first-order valence-electron chi connectivity index (χ1n) is 9.42. The van der Waals surface area contributed by atoms with Gasteiger partial charge in [0, 0.05) is 13.2 Å². The number of aryl methyl sites for hydroxylation is 1. The van der Waals surface area contributed by atoms with Crippen molar-refractivity contribution in [2.45, 2.75) is 13.1 Å². The van der Waals surface area contributed by atoms with E-state index in [0.717, 1.165) is 0 Å². The third-order valence-corrected chi connectivity index (χ3v) is 4.93. The van der Waals surface area contributed by atoms with Gasteiger partial charge >= 0.3 is 5.82 Å². The molecule has 170 valence electrons. The lowest BCUT2D eigenvalue weighted by Crippen LogP contribution is -2.25. The molecular formula is C19H16BrN7O6. The number of nitro groups is 1. The predicted octanol–water partition coefficient (Wildman–Crippen LogP) is 2.70. The van der Waals surface area contributed by atoms with Gasteiger partial charge in [0.1, 0.15) is 22.5 Å². The van der Waals surface area contributed by atoms with Crippen molar-refractivity contribution < 1.29 is 23.3 Å². The number of rotatable bonds is 8. The van der Waals surface area contributed by atoms with E-state index < -0.39 is 16.7 Å². The number of furan rings is 2. The van der Waals surface area contributed by atoms with Crippen LogP contribution in [0.1, 0.15) is 32.6 Å². The first-order chi connectivity index (χ1) is 15.8. The molecule has 0 unspecified atom stereocenters. The number of carbonyl (C=O) groups excluding carboxylic acids is 2. The highest BCUT2D eigenvalue weighted by atomic mass is 79.9. The van der Waals surface area contributed by atoms with Gasteiger partial charge in [-0.15, -0.1) is 0 Å². The zero-order valence-corrected chi connectivity index (χ0v) is 18.6. The van der Waals surface area contributed by atoms with E-state index in [2.05, 4.69) is 36.8 Å². The highest BCUT2D eigenvalue weighted by Crippen LogP contribution is 2.23. The molecule has 0 aliphatic heterocycles. The Morgan fingerprint density at radius 3 is 2.70 bits per heavy atom. The standard InChI is InChI=1S/C19H16BrN7O6/c1-25-10-14(16(23-25)19(29)21-7-11-3-2-6-32-11)22-18(28)15-5-4-12(33-15)8-26-9-13(20)17(24-26)27(30)31/h2-6,9-10H,7-8H2,1H3,(H,21,29)(H,22,28). The summed E-state index contributed by atoms with van der Waals surface area (Å²) in [5.74, 6) is -0.504. The quantitative estimate of drug-likeness (QED) is 0.266. The van der Waals surface area contributed by atoms with E-state index in [4.69, 9.17) is 8.83 Å². The molecule has 2 amide bonds. The van der Waals surface area contributed by atoms with Gasteiger partial charge in [-0.3, -0.25) is 14.3 Å². The van der Waals surface area contributed by atoms with Crippen LogP contribution in [0.25, 0.3) is 0 Å². The summed E-state index contributed by atoms with van der Waals surface area (Å²) in [6, 6.07) is 6.43. The van der Waals surface area contributed by atoms with Crippen LogP contribution in [0.3, 0.4) is 0 Å². The topological polar surface area (TPSA) is 163 Å². The number of anilines is 1. The minimum Gasteiger partial charge on any atom is -0.467 e. The van der Waals surface area contributed by atoms with Crippen molar-refractivity contribution >= 4 is 39.2 Å². The number of nitrogens with zero attached hydrogens (tertiary/aromatic N) is 5. The maximum atomic E-state index is 12.6. The van der Waals surface area contributed by atoms with Crippen molar-refractivity contribution in [1.29, 1.82) is 0 Å². The smallest absolute Gasteiger partial charge is 0.404 e. The molecule has 0 saturated heterocycles. The summed E-state index contributed by atoms with van der Waals surface area (Å²) in [4.78, 5) is 35.5. The average molecular weight is 518 g/mol. The monoisotopic (exact) mass is 517 g/mol. The van der Waals surface area contributed by atoms with Crippen LogP contribution in [-0.2, 0) is 20.1 Å². The van der Waals surface area contributed by atoms with E-state index in [9.17, 15) is 19.7 Å². The van der Waals surface area contributed by atoms with Crippen LogP contribution < -0.4 is 10.6 Å². The highest BCUT2D eigenvalue weighted by molar-refractivity contribution is 9.10. The Hall–Kier alpha value is -4.20. The van der Waals surface area contributed by atoms with Crippen LogP contribution in [0.4, 0.5) is 11.5 Å². The lowest BCUT2D eigenvalue weighted by atomic mass is 10.3. The fourth-order valence-corrected chi connectivity index (χ4v) is 3.39. The second-order valence-corrected chi connectivity index (χ2v) is 7.66. The van der Waals surface area contributed by atoms with Gasteiger partial charge in [0.05, 0.1) is 29.8 Å². The largest absolute Gasteiger partial charge is 0.467 e. The van der Waals surface area contributed by atoms with Crippen molar-refractivity contribution in [3.8, 4) is 0 Å². The molecule has 0 bridgehead atoms. The van der Waals surface area contributed by atoms with Gasteiger partial charge in [-0.05, 0) is 45.1 Å². The molecule has 0 fully saturated rings. The first kappa shape index (κ1) is 22.0. The van der Waals surface area contributed by atoms with Crippen LogP contribution in [0, 0.1) is 10.1 Å². The molecular weight excluding hydrogens is 502 g/mol. The van der Waals surface area contributed by atoms with Gasteiger partial charge in [0.2, 0.25) is 0 Å². The summed E-state index contributed by atoms with van der Waals surface area (Å²) in [7, 11) is 1.62. The summed E-state index contributed by atoms with van der Waals surface area (Å²) in [6.45, 7) is 0.242. The van der Waals surface area contributed by atoms with Gasteiger partial charge in [0.25, 0.3) is 11.8 Å². The van der Waals surface area contributed by atoms with Gasteiger partial charge in [-0.1, -0.05) is 0 Å². The molecule has 14 heteroatoms. The van der Waals surface area contributed by atoms with Crippen molar-refractivity contribution in [1.82, 2.24) is 24.9 Å². The van der Waals surface area contributed by atoms with Gasteiger partial charge < -0.3 is 29.6 Å². The second-order valence-electron chi connectivity index (χ2n) is 6.80. The Bertz CT molecular complexity index is 1320. The number of amides is 2. The maximum absolute atomic E-state index is 12.6. The number of hydrogen-bond donors (Lipinski definition) is 2. The fraction of sp³-hybridized carbons (Fsp3) is 0.158. The summed E-state index contributed by atoms with van der Waals surface area (Å²) in [5.41, 5.74) is 0.224. The molecule has 0 atom stereocenters. The van der Waals surface area contributed by atoms with Crippen LogP contribution in [0.5, 0.6) is 0 Å². The Kier molecular flexibility index (Phi) is 6.08. The van der Waals surface area contributed by atoms with Crippen molar-refractivity contribution in [3.63, 3.8) is 0 Å². The Morgan fingerprint density at radius 2 is 2.00 bits per heavy atom. The summed E-state index contributed by atoms with van der Waals surface area (Å²) >= 11 is 3.07. The van der Waals surface area contributed by atoms with Crippen molar-refractivity contribution in [2.75, 3.05) is 5.32 Å². The SMILES string of the molecule is Cn1cc(NC(=O)c2ccc(Cn3cc(Br)c([N+](=O)[O-])n3)o2)c(C(=O)NCc2ccco2)n1. The molecule has 33 heavy (non-hydrogen) atoms. The molecule has 4 heterocycles. The van der Waals surface area contributed by atoms with Gasteiger partial charge in [0.15, 0.2) is 11.5 Å². The lowest BCUT2D eigenvalue weighted by molar-refractivity contribution is -0.390. The van der Waals surface area contributed by atoms with Gasteiger partial charge in [-0.25, -0.2) is 0 Å². The molecule has 0 saturated carbocycles. The van der Waals surface area contributed by atoms with Crippen LogP contribution in [0.15, 0.2) is 56.2 Å². The minimum atomic E-state index is -0.613. The third kappa shape index (κ3) is 5.01. The lowest BCUT2D eigenvalue weighted by Gasteiger charge is -2.04. The molecule has 0 aromatic carbocycles. The number of halogens is 1. The van der Waals surface area contributed by atoms with E-state index in [1.807, 2.05) is 0 Å². The second kappa shape index (κ2) is 9.12. The van der Waals surface area contributed by atoms with E-state index in [0.29, 0.717) is 11.5 Å². The molecule has 13 nitrogen and oxygen atoms in total. The van der Waals surface area contributed by atoms with Crippen molar-refractivity contribution in [3.05, 3.63) is 80.5 Å². The van der Waals surface area contributed by atoms with Crippen LogP contribution in [-0.4, -0.2) is 36.3 Å². The molecule has 0 aliphatic rings.